The molecular weight excluding hydrogens is 527 g/mol. The van der Waals surface area contributed by atoms with E-state index < -0.39 is 17.8 Å². The van der Waals surface area contributed by atoms with Crippen LogP contribution < -0.4 is 25.4 Å². The third-order valence-corrected chi connectivity index (χ3v) is 5.63. The van der Waals surface area contributed by atoms with Crippen molar-refractivity contribution in [1.82, 2.24) is 15.2 Å². The van der Waals surface area contributed by atoms with Crippen molar-refractivity contribution in [2.24, 2.45) is 0 Å². The van der Waals surface area contributed by atoms with Crippen LogP contribution in [0, 0.1) is 0 Å². The van der Waals surface area contributed by atoms with Crippen molar-refractivity contribution in [2.75, 3.05) is 44.4 Å². The van der Waals surface area contributed by atoms with Crippen molar-refractivity contribution in [3.63, 3.8) is 0 Å². The average Bonchev–Trinajstić information content (AvgIpc) is 2.92. The van der Waals surface area contributed by atoms with Crippen LogP contribution in [0.2, 0.25) is 0 Å². The lowest BCUT2D eigenvalue weighted by Gasteiger charge is -2.18. The number of ether oxygens (including phenoxy) is 2. The SMILES string of the molecule is CCCN(C)CCCOc1ccc(NC(=O)Nc2ccc(Oc3ccnc(C(=O)NC)c3)cc2)cc1C(F)(F)F. The van der Waals surface area contributed by atoms with Gasteiger partial charge in [0, 0.05) is 37.2 Å². The Balaban J connectivity index is 1.58. The van der Waals surface area contributed by atoms with Gasteiger partial charge in [-0.05, 0) is 75.0 Å². The summed E-state index contributed by atoms with van der Waals surface area (Å²) < 4.78 is 52.1. The third kappa shape index (κ3) is 9.16. The molecule has 1 aromatic heterocycles. The van der Waals surface area contributed by atoms with E-state index in [4.69, 9.17) is 9.47 Å². The zero-order chi connectivity index (χ0) is 29.1. The molecule has 214 valence electrons. The van der Waals surface area contributed by atoms with Crippen LogP contribution in [0.4, 0.5) is 29.3 Å². The van der Waals surface area contributed by atoms with E-state index in [0.717, 1.165) is 19.0 Å². The Labute approximate surface area is 230 Å². The molecule has 9 nitrogen and oxygen atoms in total. The molecule has 3 aromatic rings. The number of amides is 3. The number of urea groups is 1. The summed E-state index contributed by atoms with van der Waals surface area (Å²) in [5.41, 5.74) is -0.429. The molecule has 2 aromatic carbocycles. The van der Waals surface area contributed by atoms with E-state index in [1.165, 1.54) is 31.4 Å². The molecule has 0 bridgehead atoms. The second kappa shape index (κ2) is 14.2. The number of nitrogens with zero attached hydrogens (tertiary/aromatic N) is 2. The fourth-order valence-corrected chi connectivity index (χ4v) is 3.73. The van der Waals surface area contributed by atoms with Gasteiger partial charge in [0.15, 0.2) is 0 Å². The highest BCUT2D eigenvalue weighted by atomic mass is 19.4. The van der Waals surface area contributed by atoms with Crippen LogP contribution in [0.15, 0.2) is 60.8 Å². The minimum absolute atomic E-state index is 0.0376. The highest BCUT2D eigenvalue weighted by molar-refractivity contribution is 5.99. The van der Waals surface area contributed by atoms with Gasteiger partial charge in [-0.15, -0.1) is 0 Å². The summed E-state index contributed by atoms with van der Waals surface area (Å²) in [7, 11) is 3.44. The van der Waals surface area contributed by atoms with Crippen LogP contribution >= 0.6 is 0 Å². The number of alkyl halides is 3. The number of benzene rings is 2. The smallest absolute Gasteiger partial charge is 0.420 e. The molecule has 40 heavy (non-hydrogen) atoms. The van der Waals surface area contributed by atoms with Crippen LogP contribution in [0.5, 0.6) is 17.2 Å². The van der Waals surface area contributed by atoms with Crippen molar-refractivity contribution in [3.8, 4) is 17.2 Å². The lowest BCUT2D eigenvalue weighted by Crippen LogP contribution is -2.22. The second-order valence-electron chi connectivity index (χ2n) is 8.88. The molecule has 0 aliphatic heterocycles. The van der Waals surface area contributed by atoms with Crippen LogP contribution in [0.1, 0.15) is 35.8 Å². The van der Waals surface area contributed by atoms with Gasteiger partial charge in [-0.25, -0.2) is 4.79 Å². The van der Waals surface area contributed by atoms with Gasteiger partial charge in [0.05, 0.1) is 12.2 Å². The van der Waals surface area contributed by atoms with Crippen LogP contribution in [-0.2, 0) is 6.18 Å². The largest absolute Gasteiger partial charge is 0.493 e. The lowest BCUT2D eigenvalue weighted by molar-refractivity contribution is -0.138. The molecule has 3 N–H and O–H groups in total. The summed E-state index contributed by atoms with van der Waals surface area (Å²) in [5, 5.41) is 7.46. The molecule has 0 unspecified atom stereocenters. The number of anilines is 2. The zero-order valence-electron chi connectivity index (χ0n) is 22.5. The highest BCUT2D eigenvalue weighted by Crippen LogP contribution is 2.38. The number of rotatable bonds is 12. The number of halogens is 3. The molecule has 0 fully saturated rings. The van der Waals surface area contributed by atoms with E-state index in [0.29, 0.717) is 30.2 Å². The van der Waals surface area contributed by atoms with Gasteiger partial charge >= 0.3 is 12.2 Å². The van der Waals surface area contributed by atoms with Crippen molar-refractivity contribution in [2.45, 2.75) is 25.9 Å². The second-order valence-corrected chi connectivity index (χ2v) is 8.88. The molecule has 0 saturated carbocycles. The van der Waals surface area contributed by atoms with E-state index in [1.54, 1.807) is 30.3 Å². The third-order valence-electron chi connectivity index (χ3n) is 5.63. The summed E-state index contributed by atoms with van der Waals surface area (Å²) in [6, 6.07) is 12.0. The molecule has 0 aliphatic rings. The molecule has 1 heterocycles. The Kier molecular flexibility index (Phi) is 10.7. The number of hydrogen-bond acceptors (Lipinski definition) is 6. The van der Waals surface area contributed by atoms with Crippen molar-refractivity contribution < 1.29 is 32.2 Å². The quantitative estimate of drug-likeness (QED) is 0.235. The molecule has 3 rings (SSSR count). The molecule has 0 radical (unpaired) electrons. The number of pyridine rings is 1. The van der Waals surface area contributed by atoms with E-state index >= 15 is 0 Å². The Bertz CT molecular complexity index is 1290. The van der Waals surface area contributed by atoms with Gasteiger partial charge in [0.2, 0.25) is 0 Å². The van der Waals surface area contributed by atoms with Gasteiger partial charge in [0.1, 0.15) is 22.9 Å². The van der Waals surface area contributed by atoms with Gasteiger partial charge in [0.25, 0.3) is 5.91 Å². The summed E-state index contributed by atoms with van der Waals surface area (Å²) >= 11 is 0. The van der Waals surface area contributed by atoms with Gasteiger partial charge in [-0.2, -0.15) is 13.2 Å². The van der Waals surface area contributed by atoms with E-state index in [-0.39, 0.29) is 29.6 Å². The fourth-order valence-electron chi connectivity index (χ4n) is 3.73. The standard InChI is InChI=1S/C28H32F3N5O4/c1-4-14-36(3)15-5-16-39-25-11-8-20(17-23(25)28(29,30)31)35-27(38)34-19-6-9-21(10-7-19)40-22-12-13-33-24(18-22)26(37)32-2/h6-13,17-18H,4-5,14-16H2,1-3H3,(H,32,37)(H2,34,35,38). The average molecular weight is 560 g/mol. The minimum Gasteiger partial charge on any atom is -0.493 e. The lowest BCUT2D eigenvalue weighted by atomic mass is 10.1. The summed E-state index contributed by atoms with van der Waals surface area (Å²) in [5.74, 6) is 0.182. The van der Waals surface area contributed by atoms with Gasteiger partial charge in [-0.1, -0.05) is 6.92 Å². The molecule has 3 amide bonds. The summed E-state index contributed by atoms with van der Waals surface area (Å²) in [4.78, 5) is 30.2. The zero-order valence-corrected chi connectivity index (χ0v) is 22.5. The molecule has 0 atom stereocenters. The number of nitrogens with one attached hydrogen (secondary N) is 3. The Hall–Kier alpha value is -4.32. The van der Waals surface area contributed by atoms with Crippen LogP contribution in [-0.4, -0.2) is 55.6 Å². The molecule has 12 heteroatoms. The fraction of sp³-hybridized carbons (Fsp3) is 0.321. The first-order valence-electron chi connectivity index (χ1n) is 12.7. The minimum atomic E-state index is -4.66. The monoisotopic (exact) mass is 559 g/mol. The number of carbonyl (C=O) groups excluding carboxylic acids is 2. The topological polar surface area (TPSA) is 105 Å². The van der Waals surface area contributed by atoms with E-state index in [2.05, 4.69) is 32.8 Å². The van der Waals surface area contributed by atoms with Crippen LogP contribution in [0.25, 0.3) is 0 Å². The number of hydrogen-bond donors (Lipinski definition) is 3. The van der Waals surface area contributed by atoms with Crippen molar-refractivity contribution >= 4 is 23.3 Å². The Morgan fingerprint density at radius 3 is 2.33 bits per heavy atom. The summed E-state index contributed by atoms with van der Waals surface area (Å²) in [6.07, 6.45) is -1.64. The highest BCUT2D eigenvalue weighted by Gasteiger charge is 2.35. The number of carbonyl (C=O) groups is 2. The maximum absolute atomic E-state index is 13.7. The summed E-state index contributed by atoms with van der Waals surface area (Å²) in [6.45, 7) is 3.81. The number of aromatic nitrogens is 1. The predicted octanol–water partition coefficient (Wildman–Crippen LogP) is 6.01. The maximum atomic E-state index is 13.7. The molecule has 0 aliphatic carbocycles. The van der Waals surface area contributed by atoms with E-state index in [9.17, 15) is 22.8 Å². The van der Waals surface area contributed by atoms with Crippen molar-refractivity contribution in [1.29, 1.82) is 0 Å². The Morgan fingerprint density at radius 2 is 1.65 bits per heavy atom. The molecular formula is C28H32F3N5O4. The molecule has 0 spiro atoms. The first-order chi connectivity index (χ1) is 19.1. The predicted molar refractivity (Wildman–Crippen MR) is 146 cm³/mol. The Morgan fingerprint density at radius 1 is 0.950 bits per heavy atom. The van der Waals surface area contributed by atoms with Gasteiger partial charge in [-0.3, -0.25) is 9.78 Å². The first-order valence-corrected chi connectivity index (χ1v) is 12.7. The molecule has 0 saturated heterocycles. The first kappa shape index (κ1) is 30.2. The normalized spacial score (nSPS) is 11.2. The van der Waals surface area contributed by atoms with Crippen molar-refractivity contribution in [3.05, 3.63) is 72.1 Å². The maximum Gasteiger partial charge on any atom is 0.420 e. The van der Waals surface area contributed by atoms with E-state index in [1.807, 2.05) is 7.05 Å². The van der Waals surface area contributed by atoms with Gasteiger partial charge < -0.3 is 30.3 Å². The van der Waals surface area contributed by atoms with Crippen LogP contribution in [0.3, 0.4) is 0 Å².